The van der Waals surface area contributed by atoms with Gasteiger partial charge in [-0.15, -0.1) is 0 Å². The summed E-state index contributed by atoms with van der Waals surface area (Å²) in [5.41, 5.74) is 19.3. The SMILES string of the molecule is c1ccc(-c2cccc3c2C2(c4ccccc4O3)c3ccccc3-c3ccc(N(c4ccccc4)c4ccc5c(c4)C(c4ccccc4)(c4ccccc4)c4ccccc4-5)cc32)cc1. The molecule has 0 saturated heterocycles. The topological polar surface area (TPSA) is 12.5 Å². The Morgan fingerprint density at radius 3 is 1.33 bits per heavy atom. The van der Waals surface area contributed by atoms with Crippen molar-refractivity contribution in [3.8, 4) is 44.9 Å². The van der Waals surface area contributed by atoms with Gasteiger partial charge < -0.3 is 9.64 Å². The van der Waals surface area contributed by atoms with Crippen LogP contribution in [0.3, 0.4) is 0 Å². The molecule has 2 heteroatoms. The molecule has 1 heterocycles. The van der Waals surface area contributed by atoms with E-state index in [0.717, 1.165) is 45.3 Å². The maximum absolute atomic E-state index is 6.92. The van der Waals surface area contributed by atoms with E-state index < -0.39 is 10.8 Å². The number of rotatable bonds is 6. The zero-order chi connectivity index (χ0) is 42.2. The lowest BCUT2D eigenvalue weighted by molar-refractivity contribution is 0.437. The first-order chi connectivity index (χ1) is 31.8. The summed E-state index contributed by atoms with van der Waals surface area (Å²) in [6.07, 6.45) is 0. The summed E-state index contributed by atoms with van der Waals surface area (Å²) in [7, 11) is 0. The van der Waals surface area contributed by atoms with Crippen molar-refractivity contribution in [3.05, 3.63) is 293 Å². The fourth-order valence-corrected chi connectivity index (χ4v) is 11.5. The minimum atomic E-state index is -0.670. The molecule has 0 radical (unpaired) electrons. The van der Waals surface area contributed by atoms with Crippen LogP contribution in [0.2, 0.25) is 0 Å². The molecule has 0 amide bonds. The normalized spacial score (nSPS) is 15.5. The standard InChI is InChI=1S/C62H41NO/c1-5-20-42(21-6-1)48-30-19-35-59-60(48)62(55-33-17-18-34-58(55)64-59)54-32-16-14-29-50(54)52-39-37-47(41-57(52)62)63(45-26-11-4-12-27-45)46-36-38-51-49-28-13-15-31-53(49)61(56(51)40-46,43-22-7-2-8-23-43)44-24-9-3-10-25-44/h1-41H. The molecule has 0 fully saturated rings. The molecule has 1 spiro atoms. The second-order valence-electron chi connectivity index (χ2n) is 17.1. The summed E-state index contributed by atoms with van der Waals surface area (Å²) in [4.78, 5) is 2.45. The number of hydrogen-bond acceptors (Lipinski definition) is 2. The van der Waals surface area contributed by atoms with Gasteiger partial charge in [-0.1, -0.05) is 200 Å². The predicted octanol–water partition coefficient (Wildman–Crippen LogP) is 15.7. The third kappa shape index (κ3) is 5.02. The van der Waals surface area contributed by atoms with E-state index >= 15 is 0 Å². The van der Waals surface area contributed by atoms with Crippen LogP contribution in [0.15, 0.2) is 249 Å². The summed E-state index contributed by atoms with van der Waals surface area (Å²) in [5, 5.41) is 0. The minimum Gasteiger partial charge on any atom is -0.457 e. The maximum Gasteiger partial charge on any atom is 0.132 e. The van der Waals surface area contributed by atoms with Gasteiger partial charge in [0.05, 0.1) is 10.8 Å². The van der Waals surface area contributed by atoms with E-state index in [1.165, 1.54) is 61.2 Å². The van der Waals surface area contributed by atoms with Crippen LogP contribution in [0.5, 0.6) is 11.5 Å². The number of hydrogen-bond donors (Lipinski definition) is 0. The highest BCUT2D eigenvalue weighted by molar-refractivity contribution is 5.95. The van der Waals surface area contributed by atoms with Crippen LogP contribution in [0.1, 0.15) is 44.5 Å². The number of nitrogens with zero attached hydrogens (tertiary/aromatic N) is 1. The summed E-state index contributed by atoms with van der Waals surface area (Å²) in [6, 6.07) is 91.3. The highest BCUT2D eigenvalue weighted by atomic mass is 16.5. The van der Waals surface area contributed by atoms with Gasteiger partial charge in [0.25, 0.3) is 0 Å². The minimum absolute atomic E-state index is 0.528. The van der Waals surface area contributed by atoms with Crippen molar-refractivity contribution in [2.24, 2.45) is 0 Å². The van der Waals surface area contributed by atoms with Crippen molar-refractivity contribution in [2.45, 2.75) is 10.8 Å². The van der Waals surface area contributed by atoms with Crippen molar-refractivity contribution < 1.29 is 4.74 Å². The van der Waals surface area contributed by atoms with Gasteiger partial charge >= 0.3 is 0 Å². The van der Waals surface area contributed by atoms with Crippen LogP contribution in [0.25, 0.3) is 33.4 Å². The van der Waals surface area contributed by atoms with Gasteiger partial charge in [-0.3, -0.25) is 0 Å². The van der Waals surface area contributed by atoms with Crippen molar-refractivity contribution in [1.29, 1.82) is 0 Å². The quantitative estimate of drug-likeness (QED) is 0.166. The van der Waals surface area contributed by atoms with Gasteiger partial charge in [0.1, 0.15) is 11.5 Å². The first-order valence-electron chi connectivity index (χ1n) is 22.2. The molecule has 1 unspecified atom stereocenters. The van der Waals surface area contributed by atoms with Crippen LogP contribution < -0.4 is 9.64 Å². The Bertz CT molecular complexity index is 3380. The number of ether oxygens (including phenoxy) is 1. The van der Waals surface area contributed by atoms with Gasteiger partial charge in [-0.25, -0.2) is 0 Å². The Morgan fingerprint density at radius 2 is 0.719 bits per heavy atom. The van der Waals surface area contributed by atoms with Crippen molar-refractivity contribution in [2.75, 3.05) is 4.90 Å². The van der Waals surface area contributed by atoms with Crippen LogP contribution in [-0.2, 0) is 10.8 Å². The van der Waals surface area contributed by atoms with Gasteiger partial charge in [0.2, 0.25) is 0 Å². The van der Waals surface area contributed by atoms with E-state index in [4.69, 9.17) is 4.74 Å². The van der Waals surface area contributed by atoms with E-state index in [1.807, 2.05) is 0 Å². The average molecular weight is 816 g/mol. The number of fused-ring (bicyclic) bond motifs is 12. The second kappa shape index (κ2) is 14.2. The molecule has 64 heavy (non-hydrogen) atoms. The zero-order valence-electron chi connectivity index (χ0n) is 35.0. The Hall–Kier alpha value is -8.20. The molecule has 3 aliphatic rings. The Labute approximate surface area is 374 Å². The molecule has 1 aliphatic heterocycles. The monoisotopic (exact) mass is 815 g/mol. The van der Waals surface area contributed by atoms with E-state index in [0.29, 0.717) is 0 Å². The molecular formula is C62H41NO. The van der Waals surface area contributed by atoms with Crippen LogP contribution in [0.4, 0.5) is 17.1 Å². The Kier molecular flexibility index (Phi) is 8.07. The molecule has 0 bridgehead atoms. The Balaban J connectivity index is 1.09. The summed E-state index contributed by atoms with van der Waals surface area (Å²) in [6.45, 7) is 0. The number of para-hydroxylation sites is 2. The molecule has 300 valence electrons. The van der Waals surface area contributed by atoms with E-state index in [9.17, 15) is 0 Å². The molecule has 0 saturated carbocycles. The third-order valence-electron chi connectivity index (χ3n) is 14.0. The number of benzene rings is 10. The lowest BCUT2D eigenvalue weighted by Crippen LogP contribution is -2.33. The average Bonchev–Trinajstić information content (AvgIpc) is 3.83. The van der Waals surface area contributed by atoms with Gasteiger partial charge in [-0.2, -0.15) is 0 Å². The van der Waals surface area contributed by atoms with E-state index in [2.05, 4.69) is 254 Å². The first-order valence-corrected chi connectivity index (χ1v) is 22.2. The highest BCUT2D eigenvalue weighted by Crippen LogP contribution is 2.65. The largest absolute Gasteiger partial charge is 0.457 e. The fraction of sp³-hybridized carbons (Fsp3) is 0.0323. The fourth-order valence-electron chi connectivity index (χ4n) is 11.5. The lowest BCUT2D eigenvalue weighted by Gasteiger charge is -2.41. The summed E-state index contributed by atoms with van der Waals surface area (Å²) >= 11 is 0. The molecule has 2 nitrogen and oxygen atoms in total. The van der Waals surface area contributed by atoms with Crippen LogP contribution in [0, 0.1) is 0 Å². The van der Waals surface area contributed by atoms with Crippen LogP contribution in [-0.4, -0.2) is 0 Å². The van der Waals surface area contributed by atoms with Gasteiger partial charge in [0, 0.05) is 28.2 Å². The second-order valence-corrected chi connectivity index (χ2v) is 17.1. The number of anilines is 3. The predicted molar refractivity (Wildman–Crippen MR) is 261 cm³/mol. The molecular weight excluding hydrogens is 775 g/mol. The van der Waals surface area contributed by atoms with Crippen LogP contribution >= 0.6 is 0 Å². The maximum atomic E-state index is 6.92. The zero-order valence-corrected chi connectivity index (χ0v) is 35.0. The molecule has 0 aromatic heterocycles. The summed E-state index contributed by atoms with van der Waals surface area (Å²) < 4.78 is 6.92. The van der Waals surface area contributed by atoms with Gasteiger partial charge in [-0.05, 0) is 115 Å². The van der Waals surface area contributed by atoms with Crippen molar-refractivity contribution in [3.63, 3.8) is 0 Å². The lowest BCUT2D eigenvalue weighted by atomic mass is 9.64. The smallest absolute Gasteiger partial charge is 0.132 e. The summed E-state index contributed by atoms with van der Waals surface area (Å²) in [5.74, 6) is 1.76. The third-order valence-corrected chi connectivity index (χ3v) is 14.0. The molecule has 13 rings (SSSR count). The highest BCUT2D eigenvalue weighted by Gasteiger charge is 2.53. The van der Waals surface area contributed by atoms with E-state index in [-0.39, 0.29) is 0 Å². The van der Waals surface area contributed by atoms with E-state index in [1.54, 1.807) is 0 Å². The van der Waals surface area contributed by atoms with Crippen molar-refractivity contribution in [1.82, 2.24) is 0 Å². The van der Waals surface area contributed by atoms with Gasteiger partial charge in [0.15, 0.2) is 0 Å². The molecule has 0 N–H and O–H groups in total. The molecule has 1 atom stereocenters. The van der Waals surface area contributed by atoms with Crippen molar-refractivity contribution >= 4 is 17.1 Å². The molecule has 2 aliphatic carbocycles. The first kappa shape index (κ1) is 36.5. The Morgan fingerprint density at radius 1 is 0.281 bits per heavy atom. The molecule has 10 aromatic carbocycles. The molecule has 10 aromatic rings.